The lowest BCUT2D eigenvalue weighted by atomic mass is 10.1. The Morgan fingerprint density at radius 1 is 0.917 bits per heavy atom. The van der Waals surface area contributed by atoms with Gasteiger partial charge in [0, 0.05) is 18.0 Å². The van der Waals surface area contributed by atoms with E-state index in [1.807, 2.05) is 0 Å². The van der Waals surface area contributed by atoms with E-state index in [1.54, 1.807) is 12.1 Å². The van der Waals surface area contributed by atoms with E-state index in [0.717, 1.165) is 6.07 Å². The topological polar surface area (TPSA) is 145 Å². The molecule has 0 aliphatic heterocycles. The number of urea groups is 1. The van der Waals surface area contributed by atoms with Gasteiger partial charge in [-0.05, 0) is 48.0 Å². The zero-order chi connectivity index (χ0) is 25.7. The summed E-state index contributed by atoms with van der Waals surface area (Å²) in [5, 5.41) is 4.50. The van der Waals surface area contributed by atoms with E-state index >= 15 is 0 Å². The number of nitrogens with zero attached hydrogens (tertiary/aromatic N) is 2. The van der Waals surface area contributed by atoms with Crippen molar-refractivity contribution in [3.8, 4) is 22.8 Å². The summed E-state index contributed by atoms with van der Waals surface area (Å²) >= 11 is 0. The molecule has 0 atom stereocenters. The third-order valence-corrected chi connectivity index (χ3v) is 4.93. The molecular formula is C25H20F2N6O3. The number of halogens is 2. The Morgan fingerprint density at radius 2 is 1.69 bits per heavy atom. The Bertz CT molecular complexity index is 1410. The number of nitrogen functional groups attached to an aromatic ring is 2. The van der Waals surface area contributed by atoms with Gasteiger partial charge in [0.1, 0.15) is 17.4 Å². The third-order valence-electron chi connectivity index (χ3n) is 4.93. The van der Waals surface area contributed by atoms with Crippen molar-refractivity contribution in [1.82, 2.24) is 15.3 Å². The van der Waals surface area contributed by atoms with E-state index in [1.165, 1.54) is 54.9 Å². The van der Waals surface area contributed by atoms with Crippen LogP contribution in [0.1, 0.15) is 5.56 Å². The molecule has 9 nitrogen and oxygen atoms in total. The standard InChI is InChI=1S/C25H20F2N6O3/c26-15-3-1-14(2-4-15)11-22(34)33-25(35)32-17-6-8-20(18(27)12-17)36-21-9-10-30-24(29)23(21)19-7-5-16(28)13-31-19/h1-10,12-13H,11,28H2,(H2,29,30)(H2,32,33,34,35). The van der Waals surface area contributed by atoms with Gasteiger partial charge in [-0.2, -0.15) is 0 Å². The molecule has 0 aliphatic rings. The summed E-state index contributed by atoms with van der Waals surface area (Å²) in [4.78, 5) is 32.4. The number of nitrogens with two attached hydrogens (primary N) is 2. The maximum atomic E-state index is 14.8. The molecule has 36 heavy (non-hydrogen) atoms. The zero-order valence-corrected chi connectivity index (χ0v) is 18.7. The molecule has 3 amide bonds. The number of pyridine rings is 2. The predicted octanol–water partition coefficient (Wildman–Crippen LogP) is 4.27. The fourth-order valence-electron chi connectivity index (χ4n) is 3.26. The minimum Gasteiger partial charge on any atom is -0.453 e. The van der Waals surface area contributed by atoms with E-state index in [9.17, 15) is 18.4 Å². The molecule has 0 saturated heterocycles. The van der Waals surface area contributed by atoms with Crippen molar-refractivity contribution >= 4 is 29.1 Å². The lowest BCUT2D eigenvalue weighted by Crippen LogP contribution is -2.35. The molecule has 4 rings (SSSR count). The molecule has 2 aromatic heterocycles. The minimum absolute atomic E-state index is 0.0848. The molecule has 11 heteroatoms. The molecule has 0 fully saturated rings. The molecule has 182 valence electrons. The Kier molecular flexibility index (Phi) is 7.00. The molecule has 0 aliphatic carbocycles. The highest BCUT2D eigenvalue weighted by atomic mass is 19.1. The number of amides is 3. The second kappa shape index (κ2) is 10.5. The fourth-order valence-corrected chi connectivity index (χ4v) is 3.26. The minimum atomic E-state index is -0.853. The van der Waals surface area contributed by atoms with Crippen molar-refractivity contribution in [3.05, 3.63) is 90.3 Å². The average molecular weight is 490 g/mol. The summed E-state index contributed by atoms with van der Waals surface area (Å²) in [6, 6.07) is 13.0. The van der Waals surface area contributed by atoms with Crippen LogP contribution in [-0.4, -0.2) is 21.9 Å². The first-order valence-corrected chi connectivity index (χ1v) is 10.6. The third kappa shape index (κ3) is 5.89. The summed E-state index contributed by atoms with van der Waals surface area (Å²) < 4.78 is 33.5. The number of imide groups is 1. The van der Waals surface area contributed by atoms with Gasteiger partial charge in [0.05, 0.1) is 29.6 Å². The monoisotopic (exact) mass is 490 g/mol. The second-order valence-electron chi connectivity index (χ2n) is 7.60. The molecule has 0 radical (unpaired) electrons. The number of hydrogen-bond donors (Lipinski definition) is 4. The van der Waals surface area contributed by atoms with Gasteiger partial charge < -0.3 is 21.5 Å². The second-order valence-corrected chi connectivity index (χ2v) is 7.60. The number of hydrogen-bond acceptors (Lipinski definition) is 7. The summed E-state index contributed by atoms with van der Waals surface area (Å²) in [7, 11) is 0. The Hall–Kier alpha value is -5.06. The predicted molar refractivity (Wildman–Crippen MR) is 130 cm³/mol. The number of carbonyl (C=O) groups is 2. The lowest BCUT2D eigenvalue weighted by molar-refractivity contribution is -0.119. The zero-order valence-electron chi connectivity index (χ0n) is 18.7. The molecule has 0 bridgehead atoms. The van der Waals surface area contributed by atoms with Gasteiger partial charge in [-0.1, -0.05) is 12.1 Å². The number of anilines is 3. The normalized spacial score (nSPS) is 10.5. The molecule has 6 N–H and O–H groups in total. The van der Waals surface area contributed by atoms with Gasteiger partial charge in [0.15, 0.2) is 11.6 Å². The van der Waals surface area contributed by atoms with Crippen LogP contribution in [0.2, 0.25) is 0 Å². The van der Waals surface area contributed by atoms with Gasteiger partial charge >= 0.3 is 6.03 Å². The van der Waals surface area contributed by atoms with E-state index in [2.05, 4.69) is 20.6 Å². The Labute approximate surface area is 204 Å². The quantitative estimate of drug-likeness (QED) is 0.316. The van der Waals surface area contributed by atoms with Gasteiger partial charge in [0.2, 0.25) is 5.91 Å². The first kappa shape index (κ1) is 24.1. The Morgan fingerprint density at radius 3 is 2.39 bits per heavy atom. The lowest BCUT2D eigenvalue weighted by Gasteiger charge is -2.14. The van der Waals surface area contributed by atoms with E-state index in [-0.39, 0.29) is 29.4 Å². The van der Waals surface area contributed by atoms with Crippen LogP contribution in [0.4, 0.5) is 30.8 Å². The number of benzene rings is 2. The Balaban J connectivity index is 1.43. The van der Waals surface area contributed by atoms with Crippen LogP contribution in [0.3, 0.4) is 0 Å². The maximum Gasteiger partial charge on any atom is 0.325 e. The largest absolute Gasteiger partial charge is 0.453 e. The van der Waals surface area contributed by atoms with Gasteiger partial charge in [0.25, 0.3) is 0 Å². The number of ether oxygens (including phenoxy) is 1. The number of carbonyl (C=O) groups excluding carboxylic acids is 2. The van der Waals surface area contributed by atoms with Gasteiger partial charge in [-0.15, -0.1) is 0 Å². The molecule has 0 unspecified atom stereocenters. The van der Waals surface area contributed by atoms with Crippen molar-refractivity contribution in [2.75, 3.05) is 16.8 Å². The van der Waals surface area contributed by atoms with Crippen LogP contribution < -0.4 is 26.8 Å². The van der Waals surface area contributed by atoms with E-state index in [4.69, 9.17) is 16.2 Å². The smallest absolute Gasteiger partial charge is 0.325 e. The van der Waals surface area contributed by atoms with Gasteiger partial charge in [-0.3, -0.25) is 15.1 Å². The van der Waals surface area contributed by atoms with Crippen LogP contribution in [0.25, 0.3) is 11.3 Å². The molecule has 4 aromatic rings. The molecule has 0 spiro atoms. The maximum absolute atomic E-state index is 14.8. The van der Waals surface area contributed by atoms with E-state index in [0.29, 0.717) is 22.5 Å². The molecule has 0 saturated carbocycles. The summed E-state index contributed by atoms with van der Waals surface area (Å²) in [6.07, 6.45) is 2.73. The SMILES string of the molecule is Nc1ccc(-c2c(Oc3ccc(NC(=O)NC(=O)Cc4ccc(F)cc4)cc3F)ccnc2N)nc1. The summed E-state index contributed by atoms with van der Waals surface area (Å²) in [5.41, 5.74) is 13.6. The van der Waals surface area contributed by atoms with Crippen molar-refractivity contribution in [2.45, 2.75) is 6.42 Å². The van der Waals surface area contributed by atoms with Gasteiger partial charge in [-0.25, -0.2) is 18.6 Å². The van der Waals surface area contributed by atoms with Crippen LogP contribution >= 0.6 is 0 Å². The van der Waals surface area contributed by atoms with Crippen molar-refractivity contribution in [1.29, 1.82) is 0 Å². The van der Waals surface area contributed by atoms with Crippen LogP contribution in [0.15, 0.2) is 73.1 Å². The number of rotatable bonds is 6. The average Bonchev–Trinajstić information content (AvgIpc) is 2.83. The summed E-state index contributed by atoms with van der Waals surface area (Å²) in [5.74, 6) is -1.63. The first-order valence-electron chi connectivity index (χ1n) is 10.6. The molecular weight excluding hydrogens is 470 g/mol. The highest BCUT2D eigenvalue weighted by Gasteiger charge is 2.16. The first-order chi connectivity index (χ1) is 17.3. The molecule has 2 heterocycles. The summed E-state index contributed by atoms with van der Waals surface area (Å²) in [6.45, 7) is 0. The van der Waals surface area contributed by atoms with Crippen LogP contribution in [0, 0.1) is 11.6 Å². The van der Waals surface area contributed by atoms with Crippen LogP contribution in [0.5, 0.6) is 11.5 Å². The highest BCUT2D eigenvalue weighted by Crippen LogP contribution is 2.36. The number of aromatic nitrogens is 2. The number of nitrogens with one attached hydrogen (secondary N) is 2. The van der Waals surface area contributed by atoms with E-state index < -0.39 is 23.6 Å². The van der Waals surface area contributed by atoms with Crippen molar-refractivity contribution in [3.63, 3.8) is 0 Å². The van der Waals surface area contributed by atoms with Crippen molar-refractivity contribution in [2.24, 2.45) is 0 Å². The fraction of sp³-hybridized carbons (Fsp3) is 0.0400. The highest BCUT2D eigenvalue weighted by molar-refractivity contribution is 6.01. The molecule has 2 aromatic carbocycles. The van der Waals surface area contributed by atoms with Crippen LogP contribution in [-0.2, 0) is 11.2 Å². The van der Waals surface area contributed by atoms with Crippen molar-refractivity contribution < 1.29 is 23.1 Å².